The van der Waals surface area contributed by atoms with E-state index in [1.807, 2.05) is 18.6 Å². The molecule has 3 aromatic heterocycles. The van der Waals surface area contributed by atoms with Gasteiger partial charge >= 0.3 is 0 Å². The van der Waals surface area contributed by atoms with Crippen molar-refractivity contribution in [2.75, 3.05) is 0 Å². The zero-order valence-electron chi connectivity index (χ0n) is 10.7. The van der Waals surface area contributed by atoms with E-state index in [4.69, 9.17) is 0 Å². The van der Waals surface area contributed by atoms with Crippen molar-refractivity contribution in [3.05, 3.63) is 60.9 Å². The molecule has 98 valence electrons. The van der Waals surface area contributed by atoms with Crippen LogP contribution in [0.2, 0.25) is 0 Å². The molecule has 4 rings (SSSR count). The zero-order chi connectivity index (χ0) is 13.4. The Morgan fingerprint density at radius 1 is 1.15 bits per heavy atom. The van der Waals surface area contributed by atoms with Crippen molar-refractivity contribution in [1.82, 2.24) is 24.5 Å². The average molecular weight is 263 g/mol. The van der Waals surface area contributed by atoms with E-state index in [1.165, 1.54) is 10.9 Å². The number of hydrogen-bond acceptors (Lipinski definition) is 2. The van der Waals surface area contributed by atoms with Gasteiger partial charge in [-0.3, -0.25) is 0 Å². The van der Waals surface area contributed by atoms with E-state index < -0.39 is 0 Å². The summed E-state index contributed by atoms with van der Waals surface area (Å²) in [6, 6.07) is 8.41. The van der Waals surface area contributed by atoms with Crippen molar-refractivity contribution in [1.29, 1.82) is 0 Å². The molecule has 0 saturated heterocycles. The van der Waals surface area contributed by atoms with E-state index in [-0.39, 0.29) is 0 Å². The lowest BCUT2D eigenvalue weighted by atomic mass is 10.1. The van der Waals surface area contributed by atoms with Crippen LogP contribution in [0, 0.1) is 0 Å². The molecule has 0 atom stereocenters. The van der Waals surface area contributed by atoms with E-state index in [0.717, 1.165) is 23.6 Å². The van der Waals surface area contributed by atoms with E-state index in [1.54, 1.807) is 12.5 Å². The smallest absolute Gasteiger partial charge is 0.158 e. The van der Waals surface area contributed by atoms with E-state index in [0.29, 0.717) is 0 Å². The van der Waals surface area contributed by atoms with Gasteiger partial charge in [0.25, 0.3) is 0 Å². The lowest BCUT2D eigenvalue weighted by molar-refractivity contribution is 0.810. The Hall–Kier alpha value is -2.82. The predicted molar refractivity (Wildman–Crippen MR) is 77.2 cm³/mol. The Balaban J connectivity index is 1.77. The topological polar surface area (TPSA) is 62.3 Å². The first-order valence-corrected chi connectivity index (χ1v) is 6.47. The maximum atomic E-state index is 4.41. The maximum Gasteiger partial charge on any atom is 0.158 e. The SMILES string of the molecule is c1cc(Cn2ccnc2-c2cnc[nH]2)c2cc[nH]c2c1. The number of fused-ring (bicyclic) bond motifs is 1. The van der Waals surface area contributed by atoms with Gasteiger partial charge in [-0.15, -0.1) is 0 Å². The first-order valence-electron chi connectivity index (χ1n) is 6.47. The second-order valence-corrected chi connectivity index (χ2v) is 4.70. The number of nitrogens with one attached hydrogen (secondary N) is 2. The van der Waals surface area contributed by atoms with Crippen molar-refractivity contribution < 1.29 is 0 Å². The van der Waals surface area contributed by atoms with Crippen molar-refractivity contribution in [2.24, 2.45) is 0 Å². The normalized spacial score (nSPS) is 11.2. The monoisotopic (exact) mass is 263 g/mol. The number of benzene rings is 1. The van der Waals surface area contributed by atoms with Crippen LogP contribution >= 0.6 is 0 Å². The number of hydrogen-bond donors (Lipinski definition) is 2. The molecule has 3 heterocycles. The summed E-state index contributed by atoms with van der Waals surface area (Å²) < 4.78 is 2.12. The summed E-state index contributed by atoms with van der Waals surface area (Å²) in [4.78, 5) is 14.8. The van der Waals surface area contributed by atoms with Crippen molar-refractivity contribution in [2.45, 2.75) is 6.54 Å². The van der Waals surface area contributed by atoms with Crippen LogP contribution < -0.4 is 0 Å². The first kappa shape index (κ1) is 11.0. The number of aromatic nitrogens is 5. The lowest BCUT2D eigenvalue weighted by Crippen LogP contribution is -2.01. The Morgan fingerprint density at radius 2 is 2.15 bits per heavy atom. The summed E-state index contributed by atoms with van der Waals surface area (Å²) in [6.07, 6.45) is 9.23. The third kappa shape index (κ3) is 1.72. The fraction of sp³-hybridized carbons (Fsp3) is 0.0667. The Bertz CT molecular complexity index is 838. The Labute approximate surface area is 115 Å². The zero-order valence-corrected chi connectivity index (χ0v) is 10.7. The Morgan fingerprint density at radius 3 is 3.05 bits per heavy atom. The van der Waals surface area contributed by atoms with Gasteiger partial charge < -0.3 is 14.5 Å². The summed E-state index contributed by atoms with van der Waals surface area (Å²) in [5.74, 6) is 0.898. The lowest BCUT2D eigenvalue weighted by Gasteiger charge is -2.08. The second-order valence-electron chi connectivity index (χ2n) is 4.70. The highest BCUT2D eigenvalue weighted by molar-refractivity contribution is 5.82. The molecule has 5 nitrogen and oxygen atoms in total. The van der Waals surface area contributed by atoms with Crippen molar-refractivity contribution in [3.8, 4) is 11.5 Å². The van der Waals surface area contributed by atoms with Crippen LogP contribution in [0.15, 0.2) is 55.4 Å². The van der Waals surface area contributed by atoms with E-state index in [9.17, 15) is 0 Å². The molecular formula is C15H13N5. The minimum atomic E-state index is 0.781. The molecule has 4 aromatic rings. The van der Waals surface area contributed by atoms with Gasteiger partial charge in [-0.1, -0.05) is 12.1 Å². The second kappa shape index (κ2) is 4.38. The highest BCUT2D eigenvalue weighted by Crippen LogP contribution is 2.21. The predicted octanol–water partition coefficient (Wildman–Crippen LogP) is 2.80. The molecule has 0 bridgehead atoms. The first-order chi connectivity index (χ1) is 9.92. The third-order valence-electron chi connectivity index (χ3n) is 3.48. The summed E-state index contributed by atoms with van der Waals surface area (Å²) in [7, 11) is 0. The summed E-state index contributed by atoms with van der Waals surface area (Å²) in [6.45, 7) is 0.781. The van der Waals surface area contributed by atoms with Gasteiger partial charge in [0.15, 0.2) is 5.82 Å². The molecule has 2 N–H and O–H groups in total. The molecule has 0 fully saturated rings. The molecule has 0 aliphatic carbocycles. The summed E-state index contributed by atoms with van der Waals surface area (Å²) >= 11 is 0. The van der Waals surface area contributed by atoms with E-state index in [2.05, 4.69) is 48.8 Å². The van der Waals surface area contributed by atoms with Crippen LogP contribution in [0.3, 0.4) is 0 Å². The fourth-order valence-electron chi connectivity index (χ4n) is 2.53. The van der Waals surface area contributed by atoms with Crippen LogP contribution in [0.25, 0.3) is 22.4 Å². The summed E-state index contributed by atoms with van der Waals surface area (Å²) in [5, 5.41) is 1.25. The molecule has 0 unspecified atom stereocenters. The van der Waals surface area contributed by atoms with Gasteiger partial charge in [-0.25, -0.2) is 9.97 Å². The molecule has 0 aliphatic heterocycles. The highest BCUT2D eigenvalue weighted by atomic mass is 15.1. The molecule has 0 amide bonds. The number of imidazole rings is 2. The molecule has 0 aliphatic rings. The Kier molecular flexibility index (Phi) is 2.42. The van der Waals surface area contributed by atoms with Gasteiger partial charge in [-0.05, 0) is 17.7 Å². The van der Waals surface area contributed by atoms with Crippen molar-refractivity contribution in [3.63, 3.8) is 0 Å². The molecule has 5 heteroatoms. The van der Waals surface area contributed by atoms with Crippen LogP contribution in [0.4, 0.5) is 0 Å². The minimum Gasteiger partial charge on any atom is -0.361 e. The fourth-order valence-corrected chi connectivity index (χ4v) is 2.53. The van der Waals surface area contributed by atoms with Crippen LogP contribution in [-0.4, -0.2) is 24.5 Å². The van der Waals surface area contributed by atoms with Gasteiger partial charge in [0.05, 0.1) is 12.5 Å². The van der Waals surface area contributed by atoms with Crippen LogP contribution in [-0.2, 0) is 6.54 Å². The molecule has 0 radical (unpaired) electrons. The van der Waals surface area contributed by atoms with E-state index >= 15 is 0 Å². The number of H-pyrrole nitrogens is 2. The maximum absolute atomic E-state index is 4.41. The number of nitrogens with zero attached hydrogens (tertiary/aromatic N) is 3. The molecule has 0 saturated carbocycles. The number of aromatic amines is 2. The summed E-state index contributed by atoms with van der Waals surface area (Å²) in [5.41, 5.74) is 3.35. The van der Waals surface area contributed by atoms with Gasteiger partial charge in [-0.2, -0.15) is 0 Å². The quantitative estimate of drug-likeness (QED) is 0.597. The molecule has 1 aromatic carbocycles. The number of rotatable bonds is 3. The highest BCUT2D eigenvalue weighted by Gasteiger charge is 2.09. The van der Waals surface area contributed by atoms with Gasteiger partial charge in [0.2, 0.25) is 0 Å². The molecule has 20 heavy (non-hydrogen) atoms. The third-order valence-corrected chi connectivity index (χ3v) is 3.48. The van der Waals surface area contributed by atoms with Gasteiger partial charge in [0.1, 0.15) is 5.69 Å². The minimum absolute atomic E-state index is 0.781. The molecule has 0 spiro atoms. The van der Waals surface area contributed by atoms with Crippen LogP contribution in [0.5, 0.6) is 0 Å². The van der Waals surface area contributed by atoms with Crippen LogP contribution in [0.1, 0.15) is 5.56 Å². The van der Waals surface area contributed by atoms with Crippen molar-refractivity contribution >= 4 is 10.9 Å². The average Bonchev–Trinajstić information content (AvgIpc) is 3.20. The standard InChI is InChI=1S/C15H13N5/c1-2-11(12-4-5-17-13(12)3-1)9-20-7-6-18-15(20)14-8-16-10-19-14/h1-8,10,17H,9H2,(H,16,19). The van der Waals surface area contributed by atoms with Gasteiger partial charge in [0, 0.05) is 36.0 Å². The molecular weight excluding hydrogens is 250 g/mol. The largest absolute Gasteiger partial charge is 0.361 e.